The molecule has 0 aliphatic carbocycles. The van der Waals surface area contributed by atoms with Gasteiger partial charge in [-0.1, -0.05) is 25.1 Å². The zero-order valence-corrected chi connectivity index (χ0v) is 12.9. The molecule has 22 heavy (non-hydrogen) atoms. The van der Waals surface area contributed by atoms with Gasteiger partial charge >= 0.3 is 5.97 Å². The first-order chi connectivity index (χ1) is 10.7. The third kappa shape index (κ3) is 2.50. The third-order valence-electron chi connectivity index (χ3n) is 3.85. The molecule has 0 unspecified atom stereocenters. The number of benzene rings is 1. The molecule has 3 nitrogen and oxygen atoms in total. The van der Waals surface area contributed by atoms with Crippen LogP contribution in [-0.2, 0) is 11.2 Å². The van der Waals surface area contributed by atoms with Gasteiger partial charge in [0, 0.05) is 23.5 Å². The molecular weight excluding hydrogens is 274 g/mol. The van der Waals surface area contributed by atoms with Crippen molar-refractivity contribution >= 4 is 11.5 Å². The van der Waals surface area contributed by atoms with Gasteiger partial charge in [0.2, 0.25) is 0 Å². The van der Waals surface area contributed by atoms with Gasteiger partial charge in [0.05, 0.1) is 12.2 Å². The first kappa shape index (κ1) is 14.4. The average molecular weight is 293 g/mol. The van der Waals surface area contributed by atoms with Crippen molar-refractivity contribution in [1.29, 1.82) is 0 Å². The summed E-state index contributed by atoms with van der Waals surface area (Å²) in [5, 5.41) is 0. The second kappa shape index (κ2) is 6.06. The summed E-state index contributed by atoms with van der Waals surface area (Å²) in [6.07, 6.45) is 5.17. The van der Waals surface area contributed by atoms with Crippen LogP contribution < -0.4 is 0 Å². The maximum absolute atomic E-state index is 11.7. The lowest BCUT2D eigenvalue weighted by Crippen LogP contribution is -2.04. The summed E-state index contributed by atoms with van der Waals surface area (Å²) in [4.78, 5) is 11.7. The Balaban J connectivity index is 2.02. The SMILES string of the molecule is CCOC(=O)c1ccc(-c2cn3ccccc3c2CC)cc1. The minimum absolute atomic E-state index is 0.271. The van der Waals surface area contributed by atoms with Crippen LogP contribution in [0.25, 0.3) is 16.6 Å². The smallest absolute Gasteiger partial charge is 0.338 e. The molecule has 0 saturated heterocycles. The molecule has 0 saturated carbocycles. The van der Waals surface area contributed by atoms with E-state index in [4.69, 9.17) is 4.74 Å². The Morgan fingerprint density at radius 1 is 1.09 bits per heavy atom. The molecule has 1 aromatic carbocycles. The van der Waals surface area contributed by atoms with Gasteiger partial charge in [-0.2, -0.15) is 0 Å². The van der Waals surface area contributed by atoms with Gasteiger partial charge in [0.1, 0.15) is 0 Å². The van der Waals surface area contributed by atoms with E-state index in [2.05, 4.69) is 35.9 Å². The highest BCUT2D eigenvalue weighted by atomic mass is 16.5. The average Bonchev–Trinajstić information content (AvgIpc) is 2.93. The van der Waals surface area contributed by atoms with Crippen LogP contribution in [0.2, 0.25) is 0 Å². The van der Waals surface area contributed by atoms with Gasteiger partial charge in [0.15, 0.2) is 0 Å². The van der Waals surface area contributed by atoms with Crippen molar-refractivity contribution in [2.45, 2.75) is 20.3 Å². The number of aromatic nitrogens is 1. The van der Waals surface area contributed by atoms with Crippen LogP contribution in [0.3, 0.4) is 0 Å². The minimum Gasteiger partial charge on any atom is -0.462 e. The number of aryl methyl sites for hydroxylation is 1. The van der Waals surface area contributed by atoms with E-state index in [1.54, 1.807) is 0 Å². The van der Waals surface area contributed by atoms with E-state index in [1.807, 2.05) is 37.3 Å². The van der Waals surface area contributed by atoms with E-state index in [1.165, 1.54) is 16.6 Å². The van der Waals surface area contributed by atoms with Crippen molar-refractivity contribution in [3.05, 3.63) is 66.0 Å². The predicted molar refractivity (Wildman–Crippen MR) is 88.2 cm³/mol. The highest BCUT2D eigenvalue weighted by Crippen LogP contribution is 2.29. The van der Waals surface area contributed by atoms with Gasteiger partial charge in [-0.3, -0.25) is 0 Å². The summed E-state index contributed by atoms with van der Waals surface area (Å²) in [7, 11) is 0. The Morgan fingerprint density at radius 3 is 2.55 bits per heavy atom. The standard InChI is InChI=1S/C19H19NO2/c1-3-16-17(13-20-12-6-5-7-18(16)20)14-8-10-15(11-9-14)19(21)22-4-2/h5-13H,3-4H2,1-2H3. The summed E-state index contributed by atoms with van der Waals surface area (Å²) in [6.45, 7) is 4.37. The zero-order chi connectivity index (χ0) is 15.5. The molecule has 0 N–H and O–H groups in total. The number of carbonyl (C=O) groups excluding carboxylic acids is 1. The molecule has 0 bridgehead atoms. The highest BCUT2D eigenvalue weighted by Gasteiger charge is 2.12. The summed E-state index contributed by atoms with van der Waals surface area (Å²) in [5.41, 5.74) is 5.48. The maximum Gasteiger partial charge on any atom is 0.338 e. The van der Waals surface area contributed by atoms with Gasteiger partial charge in [0.25, 0.3) is 0 Å². The van der Waals surface area contributed by atoms with E-state index in [0.29, 0.717) is 12.2 Å². The highest BCUT2D eigenvalue weighted by molar-refractivity contribution is 5.90. The van der Waals surface area contributed by atoms with Crippen molar-refractivity contribution in [2.75, 3.05) is 6.61 Å². The number of carbonyl (C=O) groups is 1. The molecule has 0 fully saturated rings. The van der Waals surface area contributed by atoms with Crippen LogP contribution in [0.15, 0.2) is 54.9 Å². The molecule has 112 valence electrons. The third-order valence-corrected chi connectivity index (χ3v) is 3.85. The quantitative estimate of drug-likeness (QED) is 0.670. The summed E-state index contributed by atoms with van der Waals surface area (Å²) >= 11 is 0. The molecule has 0 atom stereocenters. The largest absolute Gasteiger partial charge is 0.462 e. The first-order valence-corrected chi connectivity index (χ1v) is 7.60. The van der Waals surface area contributed by atoms with Crippen LogP contribution in [-0.4, -0.2) is 17.0 Å². The van der Waals surface area contributed by atoms with Crippen molar-refractivity contribution in [3.8, 4) is 11.1 Å². The van der Waals surface area contributed by atoms with Crippen LogP contribution in [0.1, 0.15) is 29.8 Å². The summed E-state index contributed by atoms with van der Waals surface area (Å²) in [5.74, 6) is -0.271. The zero-order valence-electron chi connectivity index (χ0n) is 12.9. The Bertz CT molecular complexity index is 800. The molecule has 0 radical (unpaired) electrons. The molecule has 3 rings (SSSR count). The Kier molecular flexibility index (Phi) is 3.96. The molecular formula is C19H19NO2. The minimum atomic E-state index is -0.271. The summed E-state index contributed by atoms with van der Waals surface area (Å²) in [6, 6.07) is 13.8. The molecule has 3 heteroatoms. The number of rotatable bonds is 4. The number of esters is 1. The van der Waals surface area contributed by atoms with Crippen molar-refractivity contribution in [2.24, 2.45) is 0 Å². The molecule has 2 aromatic heterocycles. The monoisotopic (exact) mass is 293 g/mol. The van der Waals surface area contributed by atoms with E-state index in [-0.39, 0.29) is 5.97 Å². The summed E-state index contributed by atoms with van der Waals surface area (Å²) < 4.78 is 7.17. The number of nitrogens with zero attached hydrogens (tertiary/aromatic N) is 1. The van der Waals surface area contributed by atoms with Gasteiger partial charge < -0.3 is 9.14 Å². The van der Waals surface area contributed by atoms with Crippen molar-refractivity contribution in [3.63, 3.8) is 0 Å². The molecule has 2 heterocycles. The Hall–Kier alpha value is -2.55. The Morgan fingerprint density at radius 2 is 1.86 bits per heavy atom. The number of fused-ring (bicyclic) bond motifs is 1. The van der Waals surface area contributed by atoms with Crippen LogP contribution in [0.5, 0.6) is 0 Å². The molecule has 0 amide bonds. The van der Waals surface area contributed by atoms with Crippen molar-refractivity contribution < 1.29 is 9.53 Å². The molecule has 3 aromatic rings. The number of hydrogen-bond acceptors (Lipinski definition) is 2. The molecule has 0 spiro atoms. The molecule has 0 aliphatic heterocycles. The first-order valence-electron chi connectivity index (χ1n) is 7.60. The second-order valence-electron chi connectivity index (χ2n) is 5.17. The lowest BCUT2D eigenvalue weighted by Gasteiger charge is -2.05. The maximum atomic E-state index is 11.7. The van der Waals surface area contributed by atoms with Crippen LogP contribution in [0.4, 0.5) is 0 Å². The van der Waals surface area contributed by atoms with E-state index >= 15 is 0 Å². The predicted octanol–water partition coefficient (Wildman–Crippen LogP) is 4.35. The fourth-order valence-electron chi connectivity index (χ4n) is 2.80. The van der Waals surface area contributed by atoms with Gasteiger partial charge in [-0.15, -0.1) is 0 Å². The van der Waals surface area contributed by atoms with Crippen LogP contribution >= 0.6 is 0 Å². The van der Waals surface area contributed by atoms with Gasteiger partial charge in [-0.05, 0) is 48.7 Å². The Labute approximate surface area is 130 Å². The fourth-order valence-corrected chi connectivity index (χ4v) is 2.80. The fraction of sp³-hybridized carbons (Fsp3) is 0.211. The van der Waals surface area contributed by atoms with Crippen LogP contribution in [0, 0.1) is 0 Å². The number of hydrogen-bond donors (Lipinski definition) is 0. The topological polar surface area (TPSA) is 30.7 Å². The lowest BCUT2D eigenvalue weighted by molar-refractivity contribution is 0.0526. The second-order valence-corrected chi connectivity index (χ2v) is 5.17. The normalized spacial score (nSPS) is 10.8. The number of ether oxygens (including phenoxy) is 1. The van der Waals surface area contributed by atoms with E-state index in [0.717, 1.165) is 12.0 Å². The van der Waals surface area contributed by atoms with Gasteiger partial charge in [-0.25, -0.2) is 4.79 Å². The molecule has 0 aliphatic rings. The van der Waals surface area contributed by atoms with E-state index in [9.17, 15) is 4.79 Å². The lowest BCUT2D eigenvalue weighted by atomic mass is 10.0. The number of pyridine rings is 1. The van der Waals surface area contributed by atoms with Crippen molar-refractivity contribution in [1.82, 2.24) is 4.40 Å². The van der Waals surface area contributed by atoms with E-state index < -0.39 is 0 Å².